The van der Waals surface area contributed by atoms with Crippen LogP contribution in [0.5, 0.6) is 0 Å². The van der Waals surface area contributed by atoms with Crippen LogP contribution in [0.2, 0.25) is 0 Å². The van der Waals surface area contributed by atoms with Crippen LogP contribution in [0.4, 0.5) is 0 Å². The Morgan fingerprint density at radius 3 is 2.55 bits per heavy atom. The summed E-state index contributed by atoms with van der Waals surface area (Å²) in [6.45, 7) is 7.87. The molecule has 0 spiro atoms. The van der Waals surface area contributed by atoms with Gasteiger partial charge in [-0.05, 0) is 51.2 Å². The minimum Gasteiger partial charge on any atom is -0.379 e. The second-order valence-electron chi connectivity index (χ2n) is 5.89. The van der Waals surface area contributed by atoms with Crippen LogP contribution in [0, 0.1) is 5.92 Å². The number of nitrogens with one attached hydrogen (secondary N) is 2. The van der Waals surface area contributed by atoms with Gasteiger partial charge in [-0.3, -0.25) is 9.69 Å². The summed E-state index contributed by atoms with van der Waals surface area (Å²) in [4.78, 5) is 14.2. The third kappa shape index (κ3) is 9.16. The van der Waals surface area contributed by atoms with Crippen molar-refractivity contribution in [1.82, 2.24) is 15.5 Å². The maximum atomic E-state index is 11.8. The number of carbonyl (C=O) groups excluding carboxylic acids is 1. The topological polar surface area (TPSA) is 53.6 Å². The minimum atomic E-state index is 0. The minimum absolute atomic E-state index is 0. The summed E-state index contributed by atoms with van der Waals surface area (Å²) >= 11 is 0. The van der Waals surface area contributed by atoms with E-state index in [2.05, 4.69) is 15.5 Å². The Balaban J connectivity index is 0.00000220. The fourth-order valence-electron chi connectivity index (χ4n) is 2.95. The van der Waals surface area contributed by atoms with Crippen LogP contribution in [-0.2, 0) is 9.53 Å². The predicted octanol–water partition coefficient (Wildman–Crippen LogP) is 1.45. The lowest BCUT2D eigenvalue weighted by Crippen LogP contribution is -2.38. The molecule has 2 heterocycles. The number of carbonyl (C=O) groups is 1. The van der Waals surface area contributed by atoms with Crippen molar-refractivity contribution >= 4 is 30.7 Å². The molecule has 0 saturated carbocycles. The summed E-state index contributed by atoms with van der Waals surface area (Å²) in [6, 6.07) is 0. The van der Waals surface area contributed by atoms with Gasteiger partial charge in [-0.15, -0.1) is 24.8 Å². The molecular weight excluding hydrogens is 325 g/mol. The van der Waals surface area contributed by atoms with Crippen LogP contribution in [0.3, 0.4) is 0 Å². The zero-order valence-corrected chi connectivity index (χ0v) is 15.0. The molecule has 7 heteroatoms. The fraction of sp³-hybridized carbons (Fsp3) is 0.933. The van der Waals surface area contributed by atoms with Gasteiger partial charge in [0.2, 0.25) is 5.91 Å². The Morgan fingerprint density at radius 2 is 1.86 bits per heavy atom. The van der Waals surface area contributed by atoms with E-state index in [0.717, 1.165) is 71.2 Å². The average Bonchev–Trinajstić information content (AvgIpc) is 2.52. The summed E-state index contributed by atoms with van der Waals surface area (Å²) in [5.41, 5.74) is 0. The van der Waals surface area contributed by atoms with Gasteiger partial charge in [0, 0.05) is 26.1 Å². The maximum Gasteiger partial charge on any atom is 0.220 e. The summed E-state index contributed by atoms with van der Waals surface area (Å²) in [5.74, 6) is 0.973. The quantitative estimate of drug-likeness (QED) is 0.678. The van der Waals surface area contributed by atoms with Crippen molar-refractivity contribution in [2.24, 2.45) is 5.92 Å². The number of amides is 1. The third-order valence-electron chi connectivity index (χ3n) is 4.32. The zero-order valence-electron chi connectivity index (χ0n) is 13.3. The monoisotopic (exact) mass is 355 g/mol. The Morgan fingerprint density at radius 1 is 1.18 bits per heavy atom. The van der Waals surface area contributed by atoms with E-state index in [1.165, 1.54) is 12.8 Å². The molecule has 2 rings (SSSR count). The van der Waals surface area contributed by atoms with Crippen LogP contribution in [0.1, 0.15) is 32.1 Å². The highest BCUT2D eigenvalue weighted by atomic mass is 35.5. The van der Waals surface area contributed by atoms with Crippen molar-refractivity contribution in [3.63, 3.8) is 0 Å². The van der Waals surface area contributed by atoms with Crippen molar-refractivity contribution in [3.8, 4) is 0 Å². The van der Waals surface area contributed by atoms with Gasteiger partial charge >= 0.3 is 0 Å². The molecule has 5 nitrogen and oxygen atoms in total. The summed E-state index contributed by atoms with van der Waals surface area (Å²) in [5, 5.41) is 6.41. The molecular formula is C15H31Cl2N3O2. The fourth-order valence-corrected chi connectivity index (χ4v) is 2.95. The third-order valence-corrected chi connectivity index (χ3v) is 4.32. The van der Waals surface area contributed by atoms with Crippen LogP contribution in [-0.4, -0.2) is 63.3 Å². The molecule has 2 aliphatic rings. The van der Waals surface area contributed by atoms with Gasteiger partial charge < -0.3 is 15.4 Å². The first-order chi connectivity index (χ1) is 9.84. The first-order valence-electron chi connectivity index (χ1n) is 8.12. The normalized spacial score (nSPS) is 19.8. The molecule has 0 atom stereocenters. The van der Waals surface area contributed by atoms with E-state index >= 15 is 0 Å². The molecule has 0 bridgehead atoms. The molecule has 22 heavy (non-hydrogen) atoms. The van der Waals surface area contributed by atoms with Crippen molar-refractivity contribution in [2.75, 3.05) is 52.5 Å². The predicted molar refractivity (Wildman–Crippen MR) is 94.2 cm³/mol. The highest BCUT2D eigenvalue weighted by molar-refractivity contribution is 5.85. The van der Waals surface area contributed by atoms with Gasteiger partial charge in [0.1, 0.15) is 0 Å². The lowest BCUT2D eigenvalue weighted by Gasteiger charge is -2.26. The first kappa shape index (κ1) is 21.9. The number of hydrogen-bond acceptors (Lipinski definition) is 4. The van der Waals surface area contributed by atoms with Gasteiger partial charge in [0.15, 0.2) is 0 Å². The molecule has 0 radical (unpaired) electrons. The van der Waals surface area contributed by atoms with E-state index < -0.39 is 0 Å². The molecule has 0 aromatic rings. The van der Waals surface area contributed by atoms with Gasteiger partial charge in [-0.2, -0.15) is 0 Å². The number of rotatable bonds is 7. The summed E-state index contributed by atoms with van der Waals surface area (Å²) in [6.07, 6.45) is 5.24. The number of morpholine rings is 1. The Labute approximate surface area is 146 Å². The SMILES string of the molecule is Cl.Cl.O=C(CCC1CCNCC1)NCCCN1CCOCC1. The van der Waals surface area contributed by atoms with E-state index in [1.54, 1.807) is 0 Å². The molecule has 2 fully saturated rings. The van der Waals surface area contributed by atoms with E-state index in [0.29, 0.717) is 6.42 Å². The molecule has 2 aliphatic heterocycles. The van der Waals surface area contributed by atoms with Crippen molar-refractivity contribution in [3.05, 3.63) is 0 Å². The van der Waals surface area contributed by atoms with Crippen LogP contribution >= 0.6 is 24.8 Å². The Hall–Kier alpha value is -0.0700. The summed E-state index contributed by atoms with van der Waals surface area (Å²) < 4.78 is 5.32. The second kappa shape index (κ2) is 13.4. The van der Waals surface area contributed by atoms with E-state index in [1.807, 2.05) is 0 Å². The van der Waals surface area contributed by atoms with E-state index in [4.69, 9.17) is 4.74 Å². The zero-order chi connectivity index (χ0) is 14.0. The first-order valence-corrected chi connectivity index (χ1v) is 8.12. The van der Waals surface area contributed by atoms with Crippen molar-refractivity contribution in [2.45, 2.75) is 32.1 Å². The molecule has 2 saturated heterocycles. The van der Waals surface area contributed by atoms with Gasteiger partial charge in [-0.1, -0.05) is 0 Å². The highest BCUT2D eigenvalue weighted by Gasteiger charge is 2.14. The number of halogens is 2. The largest absolute Gasteiger partial charge is 0.379 e. The van der Waals surface area contributed by atoms with Crippen LogP contribution in [0.25, 0.3) is 0 Å². The smallest absolute Gasteiger partial charge is 0.220 e. The van der Waals surface area contributed by atoms with Crippen molar-refractivity contribution in [1.29, 1.82) is 0 Å². The van der Waals surface area contributed by atoms with Gasteiger partial charge in [-0.25, -0.2) is 0 Å². The molecule has 2 N–H and O–H groups in total. The highest BCUT2D eigenvalue weighted by Crippen LogP contribution is 2.17. The Bertz CT molecular complexity index is 284. The van der Waals surface area contributed by atoms with Crippen LogP contribution < -0.4 is 10.6 Å². The number of ether oxygens (including phenoxy) is 1. The lowest BCUT2D eigenvalue weighted by molar-refractivity contribution is -0.121. The number of hydrogen-bond donors (Lipinski definition) is 2. The standard InChI is InChI=1S/C15H29N3O2.2ClH/c19-15(3-2-14-4-7-16-8-5-14)17-6-1-9-18-10-12-20-13-11-18;;/h14,16H,1-13H2,(H,17,19);2*1H. The second-order valence-corrected chi connectivity index (χ2v) is 5.89. The molecule has 0 aromatic heterocycles. The van der Waals surface area contributed by atoms with Gasteiger partial charge in [0.05, 0.1) is 13.2 Å². The number of piperidine rings is 1. The van der Waals surface area contributed by atoms with Crippen molar-refractivity contribution < 1.29 is 9.53 Å². The molecule has 0 aliphatic carbocycles. The lowest BCUT2D eigenvalue weighted by atomic mass is 9.93. The number of nitrogens with zero attached hydrogens (tertiary/aromatic N) is 1. The average molecular weight is 356 g/mol. The van der Waals surface area contributed by atoms with Crippen LogP contribution in [0.15, 0.2) is 0 Å². The Kier molecular flexibility index (Phi) is 13.3. The molecule has 0 aromatic carbocycles. The van der Waals surface area contributed by atoms with E-state index in [-0.39, 0.29) is 30.7 Å². The summed E-state index contributed by atoms with van der Waals surface area (Å²) in [7, 11) is 0. The molecule has 132 valence electrons. The van der Waals surface area contributed by atoms with E-state index in [9.17, 15) is 4.79 Å². The molecule has 0 unspecified atom stereocenters. The molecule has 1 amide bonds. The maximum absolute atomic E-state index is 11.8. The van der Waals surface area contributed by atoms with Gasteiger partial charge in [0.25, 0.3) is 0 Å².